The van der Waals surface area contributed by atoms with Crippen molar-refractivity contribution in [3.8, 4) is 11.5 Å². The van der Waals surface area contributed by atoms with E-state index in [0.717, 1.165) is 0 Å². The topological polar surface area (TPSA) is 35.2 Å². The molecule has 0 saturated heterocycles. The van der Waals surface area contributed by atoms with Crippen LogP contribution in [0.2, 0.25) is 10.0 Å². The van der Waals surface area contributed by atoms with Crippen LogP contribution in [0, 0.1) is 0 Å². The molecular formula is C12H9Cl2NO. The van der Waals surface area contributed by atoms with Gasteiger partial charge in [0.1, 0.15) is 5.75 Å². The average Bonchev–Trinajstić information content (AvgIpc) is 2.26. The summed E-state index contributed by atoms with van der Waals surface area (Å²) >= 11 is 12.0. The minimum absolute atomic E-state index is 0.428. The number of hydrogen-bond acceptors (Lipinski definition) is 2. The molecule has 0 radical (unpaired) electrons. The zero-order valence-electron chi connectivity index (χ0n) is 8.28. The molecule has 2 N–H and O–H groups in total. The van der Waals surface area contributed by atoms with E-state index in [1.165, 1.54) is 0 Å². The molecule has 0 fully saturated rings. The summed E-state index contributed by atoms with van der Waals surface area (Å²) in [5.41, 5.74) is 6.25. The highest BCUT2D eigenvalue weighted by Crippen LogP contribution is 2.37. The summed E-state index contributed by atoms with van der Waals surface area (Å²) in [6.07, 6.45) is 0. The number of halogens is 2. The van der Waals surface area contributed by atoms with E-state index in [9.17, 15) is 0 Å². The Kier molecular flexibility index (Phi) is 3.22. The van der Waals surface area contributed by atoms with Gasteiger partial charge in [0.15, 0.2) is 5.75 Å². The smallest absolute Gasteiger partial charge is 0.168 e. The molecule has 0 unspecified atom stereocenters. The third kappa shape index (κ3) is 2.23. The van der Waals surface area contributed by atoms with E-state index in [2.05, 4.69) is 0 Å². The Morgan fingerprint density at radius 3 is 2.25 bits per heavy atom. The largest absolute Gasteiger partial charge is 0.452 e. The maximum Gasteiger partial charge on any atom is 0.168 e. The summed E-state index contributed by atoms with van der Waals surface area (Å²) in [6, 6.07) is 12.3. The van der Waals surface area contributed by atoms with Crippen molar-refractivity contribution in [2.24, 2.45) is 0 Å². The number of ether oxygens (including phenoxy) is 1. The van der Waals surface area contributed by atoms with Gasteiger partial charge in [0.25, 0.3) is 0 Å². The van der Waals surface area contributed by atoms with Crippen molar-refractivity contribution in [2.75, 3.05) is 5.73 Å². The lowest BCUT2D eigenvalue weighted by Gasteiger charge is -2.10. The second-order valence-corrected chi connectivity index (χ2v) is 4.01. The van der Waals surface area contributed by atoms with Crippen LogP contribution < -0.4 is 10.5 Å². The number of benzene rings is 2. The van der Waals surface area contributed by atoms with E-state index in [1.54, 1.807) is 30.3 Å². The van der Waals surface area contributed by atoms with Crippen LogP contribution in [0.3, 0.4) is 0 Å². The lowest BCUT2D eigenvalue weighted by Crippen LogP contribution is -1.92. The Bertz CT molecular complexity index is 494. The Morgan fingerprint density at radius 2 is 1.56 bits per heavy atom. The van der Waals surface area contributed by atoms with E-state index in [4.69, 9.17) is 33.7 Å². The fourth-order valence-electron chi connectivity index (χ4n) is 1.27. The van der Waals surface area contributed by atoms with Crippen LogP contribution in [0.1, 0.15) is 0 Å². The summed E-state index contributed by atoms with van der Waals surface area (Å²) in [5, 5.41) is 0.974. The highest BCUT2D eigenvalue weighted by Gasteiger charge is 2.08. The van der Waals surface area contributed by atoms with Crippen molar-refractivity contribution in [2.45, 2.75) is 0 Å². The molecule has 2 rings (SSSR count). The van der Waals surface area contributed by atoms with E-state index in [-0.39, 0.29) is 0 Å². The fourth-order valence-corrected chi connectivity index (χ4v) is 1.67. The predicted octanol–water partition coefficient (Wildman–Crippen LogP) is 4.37. The SMILES string of the molecule is Nc1cccc(Cl)c1Oc1ccccc1Cl. The van der Waals surface area contributed by atoms with Gasteiger partial charge in [-0.1, -0.05) is 41.4 Å². The van der Waals surface area contributed by atoms with Crippen LogP contribution in [0.15, 0.2) is 42.5 Å². The van der Waals surface area contributed by atoms with Gasteiger partial charge < -0.3 is 10.5 Å². The zero-order valence-corrected chi connectivity index (χ0v) is 9.79. The summed E-state index contributed by atoms with van der Waals surface area (Å²) < 4.78 is 5.58. The first kappa shape index (κ1) is 11.1. The van der Waals surface area contributed by atoms with Gasteiger partial charge >= 0.3 is 0 Å². The molecule has 0 bridgehead atoms. The molecule has 2 nitrogen and oxygen atoms in total. The number of hydrogen-bond donors (Lipinski definition) is 1. The van der Waals surface area contributed by atoms with Crippen molar-refractivity contribution in [1.29, 1.82) is 0 Å². The Morgan fingerprint density at radius 1 is 0.875 bits per heavy atom. The molecule has 16 heavy (non-hydrogen) atoms. The summed E-state index contributed by atoms with van der Waals surface area (Å²) in [4.78, 5) is 0. The quantitative estimate of drug-likeness (QED) is 0.807. The second-order valence-electron chi connectivity index (χ2n) is 3.19. The van der Waals surface area contributed by atoms with Gasteiger partial charge in [0.05, 0.1) is 15.7 Å². The van der Waals surface area contributed by atoms with Gasteiger partial charge in [0, 0.05) is 0 Å². The van der Waals surface area contributed by atoms with Crippen LogP contribution in [0.5, 0.6) is 11.5 Å². The first-order chi connectivity index (χ1) is 7.68. The molecule has 2 aromatic rings. The van der Waals surface area contributed by atoms with Gasteiger partial charge in [0.2, 0.25) is 0 Å². The van der Waals surface area contributed by atoms with Crippen molar-refractivity contribution in [1.82, 2.24) is 0 Å². The molecule has 4 heteroatoms. The third-order valence-corrected chi connectivity index (χ3v) is 2.66. The van der Waals surface area contributed by atoms with E-state index < -0.39 is 0 Å². The molecule has 0 atom stereocenters. The molecule has 0 spiro atoms. The molecule has 0 aliphatic carbocycles. The van der Waals surface area contributed by atoms with Crippen LogP contribution in [-0.4, -0.2) is 0 Å². The van der Waals surface area contributed by atoms with Crippen LogP contribution >= 0.6 is 23.2 Å². The normalized spacial score (nSPS) is 10.1. The van der Waals surface area contributed by atoms with E-state index >= 15 is 0 Å². The summed E-state index contributed by atoms with van der Waals surface area (Å²) in [7, 11) is 0. The number of anilines is 1. The van der Waals surface area contributed by atoms with Crippen molar-refractivity contribution in [3.63, 3.8) is 0 Å². The molecule has 0 aromatic heterocycles. The third-order valence-electron chi connectivity index (χ3n) is 2.05. The maximum absolute atomic E-state index is 5.98. The minimum Gasteiger partial charge on any atom is -0.452 e. The molecule has 2 aromatic carbocycles. The number of nitrogens with two attached hydrogens (primary N) is 1. The fraction of sp³-hybridized carbons (Fsp3) is 0. The second kappa shape index (κ2) is 4.64. The minimum atomic E-state index is 0.428. The Balaban J connectivity index is 2.38. The van der Waals surface area contributed by atoms with Gasteiger partial charge in [-0.15, -0.1) is 0 Å². The van der Waals surface area contributed by atoms with E-state index in [1.807, 2.05) is 12.1 Å². The van der Waals surface area contributed by atoms with Gasteiger partial charge in [-0.25, -0.2) is 0 Å². The van der Waals surface area contributed by atoms with E-state index in [0.29, 0.717) is 27.2 Å². The standard InChI is InChI=1S/C12H9Cl2NO/c13-8-4-1-2-7-11(8)16-12-9(14)5-3-6-10(12)15/h1-7H,15H2. The van der Waals surface area contributed by atoms with Crippen LogP contribution in [-0.2, 0) is 0 Å². The summed E-state index contributed by atoms with van der Waals surface area (Å²) in [5.74, 6) is 0.959. The monoisotopic (exact) mass is 253 g/mol. The average molecular weight is 254 g/mol. The molecule has 0 aliphatic rings. The molecule has 0 saturated carbocycles. The lowest BCUT2D eigenvalue weighted by atomic mass is 10.3. The number of nitrogen functional groups attached to an aromatic ring is 1. The highest BCUT2D eigenvalue weighted by atomic mass is 35.5. The summed E-state index contributed by atoms with van der Waals surface area (Å²) in [6.45, 7) is 0. The lowest BCUT2D eigenvalue weighted by molar-refractivity contribution is 0.485. The Hall–Kier alpha value is -1.38. The first-order valence-electron chi connectivity index (χ1n) is 4.65. The Labute approximate surface area is 104 Å². The predicted molar refractivity (Wildman–Crippen MR) is 67.4 cm³/mol. The number of para-hydroxylation sites is 2. The molecule has 0 heterocycles. The zero-order chi connectivity index (χ0) is 11.5. The van der Waals surface area contributed by atoms with Crippen molar-refractivity contribution < 1.29 is 4.74 Å². The van der Waals surface area contributed by atoms with Crippen molar-refractivity contribution >= 4 is 28.9 Å². The van der Waals surface area contributed by atoms with Crippen molar-refractivity contribution in [3.05, 3.63) is 52.5 Å². The highest BCUT2D eigenvalue weighted by molar-refractivity contribution is 6.33. The molecular weight excluding hydrogens is 245 g/mol. The molecule has 82 valence electrons. The van der Waals surface area contributed by atoms with Gasteiger partial charge in [-0.3, -0.25) is 0 Å². The maximum atomic E-state index is 5.98. The first-order valence-corrected chi connectivity index (χ1v) is 5.40. The molecule has 0 aliphatic heterocycles. The number of rotatable bonds is 2. The van der Waals surface area contributed by atoms with Gasteiger partial charge in [-0.05, 0) is 24.3 Å². The van der Waals surface area contributed by atoms with Gasteiger partial charge in [-0.2, -0.15) is 0 Å². The molecule has 0 amide bonds. The van der Waals surface area contributed by atoms with Crippen LogP contribution in [0.25, 0.3) is 0 Å². The van der Waals surface area contributed by atoms with Crippen LogP contribution in [0.4, 0.5) is 5.69 Å².